The monoisotopic (exact) mass is 260 g/mol. The van der Waals surface area contributed by atoms with E-state index in [4.69, 9.17) is 0 Å². The van der Waals surface area contributed by atoms with Crippen LogP contribution < -0.4 is 0 Å². The summed E-state index contributed by atoms with van der Waals surface area (Å²) in [5, 5.41) is 9.41. The molecule has 1 nitrogen and oxygen atoms in total. The molecule has 72 valence electrons. The smallest absolute Gasteiger partial charge is 0.163 e. The maximum absolute atomic E-state index is 9.41. The Balaban J connectivity index is 2.51. The van der Waals surface area contributed by atoms with Crippen molar-refractivity contribution in [2.45, 2.75) is 23.4 Å². The summed E-state index contributed by atoms with van der Waals surface area (Å²) in [7, 11) is 0. The highest BCUT2D eigenvalue weighted by Gasteiger charge is 2.14. The molecule has 0 aliphatic carbocycles. The number of halogens is 1. The van der Waals surface area contributed by atoms with Gasteiger partial charge in [0.15, 0.2) is 3.84 Å². The Morgan fingerprint density at radius 1 is 1.38 bits per heavy atom. The van der Waals surface area contributed by atoms with Gasteiger partial charge in [-0.3, -0.25) is 0 Å². The van der Waals surface area contributed by atoms with E-state index in [1.807, 2.05) is 0 Å². The molecule has 1 aromatic rings. The van der Waals surface area contributed by atoms with E-state index in [1.165, 1.54) is 22.9 Å². The molecule has 1 atom stereocenters. The van der Waals surface area contributed by atoms with Gasteiger partial charge >= 0.3 is 0 Å². The standard InChI is InChI=1S/C10H13BrOS/c1-8-3-5-9(6-4-8)7-13-10(2,11)12/h3-6,12H,7H2,1-2H3. The summed E-state index contributed by atoms with van der Waals surface area (Å²) in [6.45, 7) is 3.80. The fourth-order valence-corrected chi connectivity index (χ4v) is 1.87. The van der Waals surface area contributed by atoms with E-state index in [1.54, 1.807) is 6.92 Å². The first-order chi connectivity index (χ1) is 5.97. The third kappa shape index (κ3) is 4.69. The van der Waals surface area contributed by atoms with Crippen molar-refractivity contribution in [3.8, 4) is 0 Å². The van der Waals surface area contributed by atoms with Gasteiger partial charge in [-0.2, -0.15) is 0 Å². The topological polar surface area (TPSA) is 20.2 Å². The summed E-state index contributed by atoms with van der Waals surface area (Å²) in [6.07, 6.45) is 0. The van der Waals surface area contributed by atoms with Gasteiger partial charge in [-0.05, 0) is 35.3 Å². The van der Waals surface area contributed by atoms with Crippen LogP contribution in [0.15, 0.2) is 24.3 Å². The summed E-state index contributed by atoms with van der Waals surface area (Å²) >= 11 is 4.63. The maximum atomic E-state index is 9.41. The van der Waals surface area contributed by atoms with Crippen LogP contribution in [0.1, 0.15) is 18.1 Å². The van der Waals surface area contributed by atoms with Crippen molar-refractivity contribution in [2.24, 2.45) is 0 Å². The first kappa shape index (κ1) is 11.1. The first-order valence-corrected chi connectivity index (χ1v) is 5.86. The minimum Gasteiger partial charge on any atom is -0.370 e. The van der Waals surface area contributed by atoms with Crippen molar-refractivity contribution in [1.29, 1.82) is 0 Å². The lowest BCUT2D eigenvalue weighted by Crippen LogP contribution is -2.07. The van der Waals surface area contributed by atoms with Crippen LogP contribution in [-0.2, 0) is 5.75 Å². The number of alkyl halides is 1. The Morgan fingerprint density at radius 3 is 2.38 bits per heavy atom. The third-order valence-electron chi connectivity index (χ3n) is 1.62. The molecular weight excluding hydrogens is 248 g/mol. The van der Waals surface area contributed by atoms with Crippen LogP contribution in [-0.4, -0.2) is 8.95 Å². The number of thioether (sulfide) groups is 1. The molecule has 0 aliphatic rings. The molecule has 3 heteroatoms. The van der Waals surface area contributed by atoms with E-state index in [2.05, 4.69) is 47.1 Å². The van der Waals surface area contributed by atoms with Gasteiger partial charge in [-0.25, -0.2) is 0 Å². The molecule has 1 aromatic carbocycles. The molecule has 0 aliphatic heterocycles. The molecule has 0 fully saturated rings. The summed E-state index contributed by atoms with van der Waals surface area (Å²) in [6, 6.07) is 8.33. The Labute approximate surface area is 91.7 Å². The number of hydrogen-bond donors (Lipinski definition) is 1. The van der Waals surface area contributed by atoms with Crippen LogP contribution in [0.2, 0.25) is 0 Å². The van der Waals surface area contributed by atoms with E-state index < -0.39 is 3.84 Å². The van der Waals surface area contributed by atoms with Crippen molar-refractivity contribution >= 4 is 27.7 Å². The zero-order chi connectivity index (χ0) is 9.90. The molecule has 0 saturated carbocycles. The van der Waals surface area contributed by atoms with E-state index in [-0.39, 0.29) is 0 Å². The second-order valence-electron chi connectivity index (χ2n) is 3.14. The van der Waals surface area contributed by atoms with Crippen LogP contribution in [0, 0.1) is 6.92 Å². The van der Waals surface area contributed by atoms with Gasteiger partial charge in [0.05, 0.1) is 0 Å². The van der Waals surface area contributed by atoms with Gasteiger partial charge in [-0.15, -0.1) is 11.8 Å². The van der Waals surface area contributed by atoms with Crippen LogP contribution in [0.25, 0.3) is 0 Å². The van der Waals surface area contributed by atoms with Gasteiger partial charge in [0.25, 0.3) is 0 Å². The molecule has 0 saturated heterocycles. The van der Waals surface area contributed by atoms with Gasteiger partial charge in [0, 0.05) is 5.75 Å². The molecule has 0 aromatic heterocycles. The van der Waals surface area contributed by atoms with Crippen molar-refractivity contribution in [2.75, 3.05) is 0 Å². The molecule has 1 unspecified atom stereocenters. The molecule has 1 rings (SSSR count). The largest absolute Gasteiger partial charge is 0.370 e. The number of aryl methyl sites for hydroxylation is 1. The maximum Gasteiger partial charge on any atom is 0.163 e. The molecule has 0 bridgehead atoms. The zero-order valence-electron chi connectivity index (χ0n) is 7.75. The molecule has 13 heavy (non-hydrogen) atoms. The van der Waals surface area contributed by atoms with Crippen molar-refractivity contribution in [1.82, 2.24) is 0 Å². The fourth-order valence-electron chi connectivity index (χ4n) is 0.899. The van der Waals surface area contributed by atoms with E-state index >= 15 is 0 Å². The Bertz CT molecular complexity index is 263. The number of aliphatic hydroxyl groups is 1. The highest BCUT2D eigenvalue weighted by Crippen LogP contribution is 2.31. The Kier molecular flexibility index (Phi) is 3.83. The zero-order valence-corrected chi connectivity index (χ0v) is 10.2. The lowest BCUT2D eigenvalue weighted by atomic mass is 10.2. The lowest BCUT2D eigenvalue weighted by molar-refractivity contribution is 0.258. The predicted molar refractivity (Wildman–Crippen MR) is 62.0 cm³/mol. The van der Waals surface area contributed by atoms with Gasteiger partial charge in [0.2, 0.25) is 0 Å². The fraction of sp³-hybridized carbons (Fsp3) is 0.400. The van der Waals surface area contributed by atoms with Crippen LogP contribution in [0.4, 0.5) is 0 Å². The molecule has 1 N–H and O–H groups in total. The average molecular weight is 261 g/mol. The van der Waals surface area contributed by atoms with Crippen LogP contribution in [0.5, 0.6) is 0 Å². The number of rotatable bonds is 3. The number of hydrogen-bond acceptors (Lipinski definition) is 2. The minimum atomic E-state index is -0.822. The van der Waals surface area contributed by atoms with Gasteiger partial charge in [0.1, 0.15) is 0 Å². The second-order valence-corrected chi connectivity index (χ2v) is 6.59. The number of benzene rings is 1. The second kappa shape index (κ2) is 4.49. The predicted octanol–water partition coefficient (Wildman–Crippen LogP) is 3.29. The lowest BCUT2D eigenvalue weighted by Gasteiger charge is -2.13. The third-order valence-corrected chi connectivity index (χ3v) is 3.31. The van der Waals surface area contributed by atoms with Crippen LogP contribution in [0.3, 0.4) is 0 Å². The Hall–Kier alpha value is 0.01000. The first-order valence-electron chi connectivity index (χ1n) is 4.08. The highest BCUT2D eigenvalue weighted by atomic mass is 79.9. The molecule has 0 heterocycles. The van der Waals surface area contributed by atoms with Crippen molar-refractivity contribution in [3.05, 3.63) is 35.4 Å². The SMILES string of the molecule is Cc1ccc(CSC(C)(O)Br)cc1. The summed E-state index contributed by atoms with van der Waals surface area (Å²) in [5.41, 5.74) is 2.50. The van der Waals surface area contributed by atoms with Gasteiger partial charge in [-0.1, -0.05) is 29.8 Å². The molecule has 0 amide bonds. The van der Waals surface area contributed by atoms with Crippen LogP contribution >= 0.6 is 27.7 Å². The van der Waals surface area contributed by atoms with Gasteiger partial charge < -0.3 is 5.11 Å². The van der Waals surface area contributed by atoms with E-state index in [0.29, 0.717) is 0 Å². The van der Waals surface area contributed by atoms with Crippen molar-refractivity contribution < 1.29 is 5.11 Å². The average Bonchev–Trinajstić information content (AvgIpc) is 2.02. The summed E-state index contributed by atoms with van der Waals surface area (Å²) in [5.74, 6) is 0.818. The normalized spacial score (nSPS) is 15.4. The van der Waals surface area contributed by atoms with E-state index in [9.17, 15) is 5.11 Å². The summed E-state index contributed by atoms with van der Waals surface area (Å²) in [4.78, 5) is 0. The quantitative estimate of drug-likeness (QED) is 0.665. The molecule has 0 spiro atoms. The van der Waals surface area contributed by atoms with Crippen molar-refractivity contribution in [3.63, 3.8) is 0 Å². The Morgan fingerprint density at radius 2 is 1.92 bits per heavy atom. The molecular formula is C10H13BrOS. The highest BCUT2D eigenvalue weighted by molar-refractivity contribution is 9.11. The van der Waals surface area contributed by atoms with E-state index in [0.717, 1.165) is 5.75 Å². The molecule has 0 radical (unpaired) electrons. The summed E-state index contributed by atoms with van der Waals surface area (Å²) < 4.78 is -0.822. The minimum absolute atomic E-state index is 0.818.